The number of hydrogen-bond donors (Lipinski definition) is 1. The van der Waals surface area contributed by atoms with Gasteiger partial charge < -0.3 is 9.88 Å². The average Bonchev–Trinajstić information content (AvgIpc) is 3.13. The lowest BCUT2D eigenvalue weighted by Gasteiger charge is -2.14. The Morgan fingerprint density at radius 3 is 2.72 bits per heavy atom. The van der Waals surface area contributed by atoms with Gasteiger partial charge in [0.15, 0.2) is 5.11 Å². The zero-order valence-corrected chi connectivity index (χ0v) is 14.6. The number of aromatic nitrogens is 2. The maximum absolute atomic E-state index is 12.5. The zero-order valence-electron chi connectivity index (χ0n) is 13.8. The summed E-state index contributed by atoms with van der Waals surface area (Å²) in [6.07, 6.45) is 6.22. The molecule has 1 aliphatic heterocycles. The Labute approximate surface area is 151 Å². The van der Waals surface area contributed by atoms with Gasteiger partial charge in [-0.1, -0.05) is 12.1 Å². The number of carbonyl (C=O) groups excluding carboxylic acids is 1. The topological polar surface area (TPSA) is 74.0 Å². The van der Waals surface area contributed by atoms with E-state index >= 15 is 0 Å². The van der Waals surface area contributed by atoms with Gasteiger partial charge in [0, 0.05) is 25.5 Å². The van der Waals surface area contributed by atoms with Gasteiger partial charge in [-0.05, 0) is 49.3 Å². The van der Waals surface area contributed by atoms with Crippen LogP contribution in [0, 0.1) is 18.3 Å². The molecule has 6 nitrogen and oxygen atoms in total. The zero-order chi connectivity index (χ0) is 17.8. The highest BCUT2D eigenvalue weighted by atomic mass is 32.1. The first-order chi connectivity index (χ1) is 12.1. The summed E-state index contributed by atoms with van der Waals surface area (Å²) in [6, 6.07) is 9.11. The van der Waals surface area contributed by atoms with Crippen molar-refractivity contribution in [2.45, 2.75) is 19.9 Å². The molecule has 0 bridgehead atoms. The van der Waals surface area contributed by atoms with E-state index in [1.54, 1.807) is 41.4 Å². The van der Waals surface area contributed by atoms with Gasteiger partial charge in [0.1, 0.15) is 11.5 Å². The van der Waals surface area contributed by atoms with Gasteiger partial charge in [-0.2, -0.15) is 5.26 Å². The van der Waals surface area contributed by atoms with Gasteiger partial charge in [0.05, 0.1) is 11.6 Å². The molecule has 0 spiro atoms. The van der Waals surface area contributed by atoms with Crippen molar-refractivity contribution in [3.8, 4) is 6.07 Å². The molecule has 126 valence electrons. The number of nitrogens with zero attached hydrogens (tertiary/aromatic N) is 4. The molecule has 0 aliphatic carbocycles. The molecule has 2 aromatic rings. The molecule has 1 aromatic heterocycles. The summed E-state index contributed by atoms with van der Waals surface area (Å²) in [6.45, 7) is 3.28. The molecule has 0 atom stereocenters. The summed E-state index contributed by atoms with van der Waals surface area (Å²) in [7, 11) is 0. The fraction of sp³-hybridized carbons (Fsp3) is 0.222. The van der Waals surface area contributed by atoms with Crippen LogP contribution in [0.15, 0.2) is 42.4 Å². The van der Waals surface area contributed by atoms with Crippen LogP contribution in [0.4, 0.5) is 0 Å². The van der Waals surface area contributed by atoms with Gasteiger partial charge >= 0.3 is 0 Å². The monoisotopic (exact) mass is 351 g/mol. The third kappa shape index (κ3) is 3.75. The number of nitriles is 1. The summed E-state index contributed by atoms with van der Waals surface area (Å²) in [5.74, 6) is 0.826. The van der Waals surface area contributed by atoms with Gasteiger partial charge in [-0.25, -0.2) is 4.98 Å². The van der Waals surface area contributed by atoms with E-state index in [1.807, 2.05) is 17.7 Å². The van der Waals surface area contributed by atoms with Crippen LogP contribution in [0.3, 0.4) is 0 Å². The van der Waals surface area contributed by atoms with Crippen LogP contribution in [-0.4, -0.2) is 32.0 Å². The maximum Gasteiger partial charge on any atom is 0.276 e. The van der Waals surface area contributed by atoms with Crippen LogP contribution in [0.1, 0.15) is 23.4 Å². The first-order valence-corrected chi connectivity index (χ1v) is 8.32. The van der Waals surface area contributed by atoms with E-state index in [4.69, 9.17) is 17.5 Å². The molecule has 1 amide bonds. The second kappa shape index (κ2) is 7.28. The standard InChI is InChI=1S/C18H17N5OS/c1-13-20-7-10-22(13)8-2-9-23-17(24)16(21-18(23)25)11-14-3-5-15(12-19)6-4-14/h3-7,10-11H,2,8-9H2,1H3,(H,21,25). The molecule has 0 saturated carbocycles. The summed E-state index contributed by atoms with van der Waals surface area (Å²) < 4.78 is 2.05. The third-order valence-electron chi connectivity index (χ3n) is 4.02. The predicted molar refractivity (Wildman–Crippen MR) is 98.2 cm³/mol. The second-order valence-electron chi connectivity index (χ2n) is 5.70. The number of aryl methyl sites for hydroxylation is 2. The highest BCUT2D eigenvalue weighted by molar-refractivity contribution is 7.80. The van der Waals surface area contributed by atoms with Crippen molar-refractivity contribution in [3.05, 3.63) is 59.3 Å². The Morgan fingerprint density at radius 1 is 1.32 bits per heavy atom. The average molecular weight is 351 g/mol. The van der Waals surface area contributed by atoms with Gasteiger partial charge in [0.2, 0.25) is 0 Å². The van der Waals surface area contributed by atoms with E-state index in [9.17, 15) is 4.79 Å². The number of thiocarbonyl (C=S) groups is 1. The van der Waals surface area contributed by atoms with E-state index in [0.29, 0.717) is 22.9 Å². The minimum absolute atomic E-state index is 0.128. The predicted octanol–water partition coefficient (Wildman–Crippen LogP) is 2.21. The van der Waals surface area contributed by atoms with Crippen LogP contribution in [0.2, 0.25) is 0 Å². The molecule has 0 unspecified atom stereocenters. The summed E-state index contributed by atoms with van der Waals surface area (Å²) in [5, 5.41) is 12.2. The van der Waals surface area contributed by atoms with Gasteiger partial charge in [-0.15, -0.1) is 0 Å². The smallest absolute Gasteiger partial charge is 0.276 e. The number of imidazole rings is 1. The minimum Gasteiger partial charge on any atom is -0.335 e. The Bertz CT molecular complexity index is 876. The van der Waals surface area contributed by atoms with E-state index in [2.05, 4.69) is 16.4 Å². The van der Waals surface area contributed by atoms with Crippen LogP contribution < -0.4 is 5.32 Å². The Kier molecular flexibility index (Phi) is 4.91. The Morgan fingerprint density at radius 2 is 2.08 bits per heavy atom. The van der Waals surface area contributed by atoms with Gasteiger partial charge in [-0.3, -0.25) is 9.69 Å². The first-order valence-electron chi connectivity index (χ1n) is 7.91. The highest BCUT2D eigenvalue weighted by Gasteiger charge is 2.29. The lowest BCUT2D eigenvalue weighted by Crippen LogP contribution is -2.32. The number of hydrogen-bond acceptors (Lipinski definition) is 4. The Hall–Kier alpha value is -2.98. The molecule has 1 N–H and O–H groups in total. The highest BCUT2D eigenvalue weighted by Crippen LogP contribution is 2.15. The van der Waals surface area contributed by atoms with Crippen molar-refractivity contribution in [1.82, 2.24) is 19.8 Å². The number of nitrogens with one attached hydrogen (secondary N) is 1. The molecule has 2 heterocycles. The van der Waals surface area contributed by atoms with Gasteiger partial charge in [0.25, 0.3) is 5.91 Å². The van der Waals surface area contributed by atoms with Crippen LogP contribution in [-0.2, 0) is 11.3 Å². The van der Waals surface area contributed by atoms with Crippen molar-refractivity contribution in [2.24, 2.45) is 0 Å². The van der Waals surface area contributed by atoms with E-state index < -0.39 is 0 Å². The summed E-state index contributed by atoms with van der Waals surface area (Å²) >= 11 is 5.28. The van der Waals surface area contributed by atoms with Crippen LogP contribution in [0.5, 0.6) is 0 Å². The minimum atomic E-state index is -0.128. The molecular weight excluding hydrogens is 334 g/mol. The van der Waals surface area contributed by atoms with Crippen molar-refractivity contribution in [2.75, 3.05) is 6.54 Å². The molecule has 1 saturated heterocycles. The number of rotatable bonds is 5. The molecule has 1 aliphatic rings. The van der Waals surface area contributed by atoms with Crippen LogP contribution >= 0.6 is 12.2 Å². The lowest BCUT2D eigenvalue weighted by molar-refractivity contribution is -0.122. The fourth-order valence-electron chi connectivity index (χ4n) is 2.63. The van der Waals surface area contributed by atoms with E-state index in [-0.39, 0.29) is 5.91 Å². The lowest BCUT2D eigenvalue weighted by atomic mass is 10.1. The third-order valence-corrected chi connectivity index (χ3v) is 4.34. The van der Waals surface area contributed by atoms with Crippen molar-refractivity contribution >= 4 is 29.3 Å². The SMILES string of the molecule is Cc1nccn1CCCN1C(=O)C(=Cc2ccc(C#N)cc2)NC1=S. The second-order valence-corrected chi connectivity index (χ2v) is 6.09. The molecule has 0 radical (unpaired) electrons. The summed E-state index contributed by atoms with van der Waals surface area (Å²) in [4.78, 5) is 18.3. The van der Waals surface area contributed by atoms with E-state index in [0.717, 1.165) is 24.4 Å². The molecule has 1 aromatic carbocycles. The molecule has 7 heteroatoms. The summed E-state index contributed by atoms with van der Waals surface area (Å²) in [5.41, 5.74) is 1.88. The Balaban J connectivity index is 1.64. The molecule has 25 heavy (non-hydrogen) atoms. The number of carbonyl (C=O) groups is 1. The molecular formula is C18H17N5OS. The van der Waals surface area contributed by atoms with Crippen molar-refractivity contribution in [1.29, 1.82) is 5.26 Å². The normalized spacial score (nSPS) is 15.5. The number of amides is 1. The largest absolute Gasteiger partial charge is 0.335 e. The van der Waals surface area contributed by atoms with E-state index in [1.165, 1.54) is 0 Å². The fourth-order valence-corrected chi connectivity index (χ4v) is 2.92. The van der Waals surface area contributed by atoms with Crippen molar-refractivity contribution < 1.29 is 4.79 Å². The van der Waals surface area contributed by atoms with Crippen LogP contribution in [0.25, 0.3) is 6.08 Å². The maximum atomic E-state index is 12.5. The quantitative estimate of drug-likeness (QED) is 0.660. The molecule has 1 fully saturated rings. The van der Waals surface area contributed by atoms with Crippen molar-refractivity contribution in [3.63, 3.8) is 0 Å². The molecule has 3 rings (SSSR count). The number of benzene rings is 1. The first kappa shape index (κ1) is 16.9.